The molecular formula is C19H19ClO. The van der Waals surface area contributed by atoms with Crippen LogP contribution in [-0.2, 0) is 5.41 Å². The number of carbonyl (C=O) groups is 1. The highest BCUT2D eigenvalue weighted by Crippen LogP contribution is 2.22. The third-order valence-corrected chi connectivity index (χ3v) is 3.58. The van der Waals surface area contributed by atoms with Crippen LogP contribution in [0.2, 0.25) is 5.02 Å². The first-order valence-electron chi connectivity index (χ1n) is 6.95. The van der Waals surface area contributed by atoms with E-state index >= 15 is 0 Å². The van der Waals surface area contributed by atoms with Crippen LogP contribution in [0.1, 0.15) is 42.3 Å². The van der Waals surface area contributed by atoms with Crippen LogP contribution < -0.4 is 0 Å². The summed E-state index contributed by atoms with van der Waals surface area (Å²) < 4.78 is 0. The number of hydrogen-bond donors (Lipinski definition) is 0. The third-order valence-electron chi connectivity index (χ3n) is 3.33. The van der Waals surface area contributed by atoms with Gasteiger partial charge in [-0.25, -0.2) is 0 Å². The maximum atomic E-state index is 12.1. The van der Waals surface area contributed by atoms with Gasteiger partial charge in [0.2, 0.25) is 0 Å². The van der Waals surface area contributed by atoms with Crippen LogP contribution >= 0.6 is 11.6 Å². The van der Waals surface area contributed by atoms with Crippen molar-refractivity contribution in [2.75, 3.05) is 0 Å². The fourth-order valence-electron chi connectivity index (χ4n) is 1.98. The predicted molar refractivity (Wildman–Crippen MR) is 90.0 cm³/mol. The van der Waals surface area contributed by atoms with Crippen molar-refractivity contribution >= 4 is 23.5 Å². The van der Waals surface area contributed by atoms with E-state index in [9.17, 15) is 4.79 Å². The summed E-state index contributed by atoms with van der Waals surface area (Å²) in [6, 6.07) is 15.2. The molecule has 0 aliphatic heterocycles. The van der Waals surface area contributed by atoms with Gasteiger partial charge < -0.3 is 0 Å². The Morgan fingerprint density at radius 3 is 2.05 bits per heavy atom. The summed E-state index contributed by atoms with van der Waals surface area (Å²) in [6.07, 6.45) is 3.39. The molecule has 0 saturated carbocycles. The largest absolute Gasteiger partial charge is 0.289 e. The molecule has 2 heteroatoms. The van der Waals surface area contributed by atoms with Gasteiger partial charge >= 0.3 is 0 Å². The molecule has 108 valence electrons. The zero-order valence-electron chi connectivity index (χ0n) is 12.6. The number of halogens is 1. The van der Waals surface area contributed by atoms with Crippen molar-refractivity contribution in [3.05, 3.63) is 76.3 Å². The topological polar surface area (TPSA) is 17.1 Å². The molecule has 0 saturated heterocycles. The van der Waals surface area contributed by atoms with E-state index in [-0.39, 0.29) is 11.2 Å². The number of allylic oxidation sites excluding steroid dienone is 1. The van der Waals surface area contributed by atoms with Gasteiger partial charge in [0.25, 0.3) is 0 Å². The van der Waals surface area contributed by atoms with Gasteiger partial charge in [-0.05, 0) is 34.8 Å². The summed E-state index contributed by atoms with van der Waals surface area (Å²) in [6.45, 7) is 6.47. The lowest BCUT2D eigenvalue weighted by Gasteiger charge is -2.18. The molecule has 21 heavy (non-hydrogen) atoms. The van der Waals surface area contributed by atoms with Gasteiger partial charge in [-0.2, -0.15) is 0 Å². The number of hydrogen-bond acceptors (Lipinski definition) is 1. The van der Waals surface area contributed by atoms with Crippen molar-refractivity contribution in [1.29, 1.82) is 0 Å². The normalized spacial score (nSPS) is 11.8. The first kappa shape index (κ1) is 15.5. The third kappa shape index (κ3) is 4.30. The van der Waals surface area contributed by atoms with Crippen LogP contribution in [0, 0.1) is 0 Å². The minimum absolute atomic E-state index is 0.00501. The molecule has 0 spiro atoms. The fourth-order valence-corrected chi connectivity index (χ4v) is 2.10. The number of benzene rings is 2. The quantitative estimate of drug-likeness (QED) is 0.537. The van der Waals surface area contributed by atoms with Gasteiger partial charge in [0, 0.05) is 10.6 Å². The molecule has 0 atom stereocenters. The number of carbonyl (C=O) groups excluding carboxylic acids is 1. The number of rotatable bonds is 3. The van der Waals surface area contributed by atoms with Gasteiger partial charge in [0.05, 0.1) is 0 Å². The van der Waals surface area contributed by atoms with Crippen molar-refractivity contribution in [2.24, 2.45) is 0 Å². The lowest BCUT2D eigenvalue weighted by atomic mass is 9.86. The molecule has 0 fully saturated rings. The molecule has 2 aromatic rings. The minimum Gasteiger partial charge on any atom is -0.289 e. The summed E-state index contributed by atoms with van der Waals surface area (Å²) in [4.78, 5) is 12.1. The average molecular weight is 299 g/mol. The van der Waals surface area contributed by atoms with Gasteiger partial charge in [0.1, 0.15) is 0 Å². The second-order valence-electron chi connectivity index (χ2n) is 6.08. The molecule has 0 radical (unpaired) electrons. The standard InChI is InChI=1S/C19H19ClO/c1-19(2,3)16-9-7-15(8-10-16)18(21)13-6-14-4-11-17(20)12-5-14/h4-13H,1-3H3/b13-6+. The van der Waals surface area contributed by atoms with E-state index in [1.165, 1.54) is 5.56 Å². The lowest BCUT2D eigenvalue weighted by Crippen LogP contribution is -2.11. The minimum atomic E-state index is 0.00501. The van der Waals surface area contributed by atoms with E-state index in [1.54, 1.807) is 12.2 Å². The van der Waals surface area contributed by atoms with Crippen molar-refractivity contribution in [2.45, 2.75) is 26.2 Å². The average Bonchev–Trinajstić information content (AvgIpc) is 2.45. The molecule has 0 aliphatic rings. The number of ketones is 1. The monoisotopic (exact) mass is 298 g/mol. The Balaban J connectivity index is 2.11. The van der Waals surface area contributed by atoms with E-state index in [2.05, 4.69) is 20.8 Å². The van der Waals surface area contributed by atoms with Crippen LogP contribution in [0.15, 0.2) is 54.6 Å². The molecular weight excluding hydrogens is 280 g/mol. The van der Waals surface area contributed by atoms with E-state index in [0.29, 0.717) is 10.6 Å². The van der Waals surface area contributed by atoms with Crippen molar-refractivity contribution in [1.82, 2.24) is 0 Å². The molecule has 0 amide bonds. The van der Waals surface area contributed by atoms with Gasteiger partial charge in [-0.15, -0.1) is 0 Å². The molecule has 0 bridgehead atoms. The maximum absolute atomic E-state index is 12.1. The lowest BCUT2D eigenvalue weighted by molar-refractivity contribution is 0.104. The molecule has 0 aromatic heterocycles. The van der Waals surface area contributed by atoms with E-state index in [4.69, 9.17) is 11.6 Å². The molecule has 2 rings (SSSR count). The Hall–Kier alpha value is -1.86. The SMILES string of the molecule is CC(C)(C)c1ccc(C(=O)/C=C/c2ccc(Cl)cc2)cc1. The Morgan fingerprint density at radius 1 is 0.952 bits per heavy atom. The second kappa shape index (κ2) is 6.28. The molecule has 0 aliphatic carbocycles. The first-order valence-corrected chi connectivity index (χ1v) is 7.32. The predicted octanol–water partition coefficient (Wildman–Crippen LogP) is 5.53. The Morgan fingerprint density at radius 2 is 1.52 bits per heavy atom. The van der Waals surface area contributed by atoms with Gasteiger partial charge in [-0.3, -0.25) is 4.79 Å². The Kier molecular flexibility index (Phi) is 4.64. The Labute approximate surface area is 131 Å². The van der Waals surface area contributed by atoms with E-state index in [1.807, 2.05) is 48.5 Å². The smallest absolute Gasteiger partial charge is 0.185 e. The zero-order chi connectivity index (χ0) is 15.5. The summed E-state index contributed by atoms with van der Waals surface area (Å²) in [5.41, 5.74) is 2.98. The highest BCUT2D eigenvalue weighted by atomic mass is 35.5. The van der Waals surface area contributed by atoms with Crippen LogP contribution in [0.5, 0.6) is 0 Å². The highest BCUT2D eigenvalue weighted by molar-refractivity contribution is 6.30. The maximum Gasteiger partial charge on any atom is 0.185 e. The molecule has 0 unspecified atom stereocenters. The molecule has 0 N–H and O–H groups in total. The zero-order valence-corrected chi connectivity index (χ0v) is 13.3. The molecule has 0 heterocycles. The van der Waals surface area contributed by atoms with Crippen LogP contribution in [0.3, 0.4) is 0 Å². The van der Waals surface area contributed by atoms with Crippen LogP contribution in [-0.4, -0.2) is 5.78 Å². The van der Waals surface area contributed by atoms with Crippen LogP contribution in [0.25, 0.3) is 6.08 Å². The fraction of sp³-hybridized carbons (Fsp3) is 0.211. The highest BCUT2D eigenvalue weighted by Gasteiger charge is 2.13. The van der Waals surface area contributed by atoms with Crippen LogP contribution in [0.4, 0.5) is 0 Å². The van der Waals surface area contributed by atoms with Gasteiger partial charge in [0.15, 0.2) is 5.78 Å². The summed E-state index contributed by atoms with van der Waals surface area (Å²) in [5.74, 6) is 0.00501. The van der Waals surface area contributed by atoms with Gasteiger partial charge in [-0.1, -0.05) is 74.8 Å². The summed E-state index contributed by atoms with van der Waals surface area (Å²) >= 11 is 5.83. The van der Waals surface area contributed by atoms with Crippen molar-refractivity contribution in [3.8, 4) is 0 Å². The second-order valence-corrected chi connectivity index (χ2v) is 6.51. The molecule has 1 nitrogen and oxygen atoms in total. The van der Waals surface area contributed by atoms with E-state index in [0.717, 1.165) is 5.56 Å². The summed E-state index contributed by atoms with van der Waals surface area (Å²) in [5, 5.41) is 0.691. The van der Waals surface area contributed by atoms with Crippen molar-refractivity contribution in [3.63, 3.8) is 0 Å². The molecule has 2 aromatic carbocycles. The first-order chi connectivity index (χ1) is 9.86. The summed E-state index contributed by atoms with van der Waals surface area (Å²) in [7, 11) is 0. The van der Waals surface area contributed by atoms with E-state index < -0.39 is 0 Å². The Bertz CT molecular complexity index is 643. The van der Waals surface area contributed by atoms with Crippen molar-refractivity contribution < 1.29 is 4.79 Å².